The molecule has 1 heterocycles. The molecule has 0 atom stereocenters. The Hall–Kier alpha value is -1.37. The second-order valence-corrected chi connectivity index (χ2v) is 4.80. The van der Waals surface area contributed by atoms with Crippen LogP contribution in [-0.2, 0) is 0 Å². The van der Waals surface area contributed by atoms with Crippen molar-refractivity contribution in [1.29, 1.82) is 0 Å². The smallest absolute Gasteiger partial charge is 0.153 e. The third-order valence-corrected chi connectivity index (χ3v) is 3.14. The monoisotopic (exact) mass is 343 g/mol. The molecule has 0 radical (unpaired) electrons. The molecule has 0 aliphatic rings. The highest BCUT2D eigenvalue weighted by Crippen LogP contribution is 2.25. The molecule has 3 N–H and O–H groups in total. The van der Waals surface area contributed by atoms with E-state index in [9.17, 15) is 4.39 Å². The maximum atomic E-state index is 13.0. The van der Waals surface area contributed by atoms with E-state index >= 15 is 0 Å². The van der Waals surface area contributed by atoms with Crippen molar-refractivity contribution < 1.29 is 4.39 Å². The lowest BCUT2D eigenvalue weighted by atomic mass is 10.3. The molecule has 0 aliphatic heterocycles. The Labute approximate surface area is 112 Å². The van der Waals surface area contributed by atoms with Crippen LogP contribution in [0.3, 0.4) is 0 Å². The van der Waals surface area contributed by atoms with Crippen molar-refractivity contribution >= 4 is 39.8 Å². The highest BCUT2D eigenvalue weighted by atomic mass is 127. The summed E-state index contributed by atoms with van der Waals surface area (Å²) in [4.78, 5) is 4.30. The van der Waals surface area contributed by atoms with E-state index in [4.69, 9.17) is 5.73 Å². The summed E-state index contributed by atoms with van der Waals surface area (Å²) in [5, 5.41) is 3.10. The van der Waals surface area contributed by atoms with E-state index in [1.807, 2.05) is 13.0 Å². The molecule has 0 saturated heterocycles. The Kier molecular flexibility index (Phi) is 3.46. The normalized spacial score (nSPS) is 10.3. The number of benzene rings is 1. The molecule has 88 valence electrons. The number of halogens is 2. The second kappa shape index (κ2) is 4.87. The van der Waals surface area contributed by atoms with Gasteiger partial charge in [-0.15, -0.1) is 0 Å². The van der Waals surface area contributed by atoms with Crippen LogP contribution in [0.2, 0.25) is 0 Å². The van der Waals surface area contributed by atoms with Gasteiger partial charge >= 0.3 is 0 Å². The van der Waals surface area contributed by atoms with Crippen LogP contribution in [0.1, 0.15) is 5.69 Å². The van der Waals surface area contributed by atoms with Crippen LogP contribution in [0.4, 0.5) is 21.6 Å². The maximum absolute atomic E-state index is 13.0. The summed E-state index contributed by atoms with van der Waals surface area (Å²) in [6.07, 6.45) is 0. The maximum Gasteiger partial charge on any atom is 0.153 e. The summed E-state index contributed by atoms with van der Waals surface area (Å²) in [7, 11) is 0. The number of nitrogens with one attached hydrogen (secondary N) is 1. The average Bonchev–Trinajstić information content (AvgIpc) is 2.27. The molecule has 17 heavy (non-hydrogen) atoms. The van der Waals surface area contributed by atoms with Gasteiger partial charge in [-0.2, -0.15) is 0 Å². The van der Waals surface area contributed by atoms with Crippen molar-refractivity contribution in [3.05, 3.63) is 45.4 Å². The topological polar surface area (TPSA) is 50.9 Å². The van der Waals surface area contributed by atoms with Crippen molar-refractivity contribution in [1.82, 2.24) is 4.98 Å². The van der Waals surface area contributed by atoms with Crippen molar-refractivity contribution in [2.75, 3.05) is 11.1 Å². The number of nitrogens with two attached hydrogens (primary N) is 1. The third kappa shape index (κ3) is 2.85. The number of nitrogens with zero attached hydrogens (tertiary/aromatic N) is 1. The number of rotatable bonds is 2. The third-order valence-electron chi connectivity index (χ3n) is 2.25. The summed E-state index contributed by atoms with van der Waals surface area (Å²) < 4.78 is 13.7. The predicted octanol–water partition coefficient (Wildman–Crippen LogP) is 3.46. The van der Waals surface area contributed by atoms with Gasteiger partial charge in [0.05, 0.1) is 11.4 Å². The van der Waals surface area contributed by atoms with Crippen LogP contribution >= 0.6 is 22.6 Å². The zero-order valence-electron chi connectivity index (χ0n) is 9.17. The summed E-state index contributed by atoms with van der Waals surface area (Å²) >= 11 is 2.06. The molecule has 1 aromatic heterocycles. The Morgan fingerprint density at radius 1 is 1.29 bits per heavy atom. The van der Waals surface area contributed by atoms with Crippen molar-refractivity contribution in [3.63, 3.8) is 0 Å². The quantitative estimate of drug-likeness (QED) is 0.821. The van der Waals surface area contributed by atoms with Crippen LogP contribution in [0, 0.1) is 16.3 Å². The zero-order valence-corrected chi connectivity index (χ0v) is 11.3. The van der Waals surface area contributed by atoms with Crippen molar-refractivity contribution in [2.24, 2.45) is 0 Å². The number of hydrogen-bond donors (Lipinski definition) is 2. The van der Waals surface area contributed by atoms with E-state index in [-0.39, 0.29) is 5.82 Å². The van der Waals surface area contributed by atoms with Gasteiger partial charge in [0.1, 0.15) is 5.82 Å². The highest BCUT2D eigenvalue weighted by Gasteiger charge is 2.05. The zero-order chi connectivity index (χ0) is 12.4. The number of nitrogen functional groups attached to an aromatic ring is 1. The minimum absolute atomic E-state index is 0.259. The molecule has 2 rings (SSSR count). The fraction of sp³-hybridized carbons (Fsp3) is 0.0833. The summed E-state index contributed by atoms with van der Waals surface area (Å²) in [5.41, 5.74) is 8.04. The molecule has 0 amide bonds. The van der Waals surface area contributed by atoms with E-state index in [1.165, 1.54) is 12.1 Å². The summed E-state index contributed by atoms with van der Waals surface area (Å²) in [6, 6.07) is 8.16. The van der Waals surface area contributed by atoms with Gasteiger partial charge < -0.3 is 11.1 Å². The van der Waals surface area contributed by atoms with Gasteiger partial charge in [-0.25, -0.2) is 9.37 Å². The molecule has 0 unspecified atom stereocenters. The molecule has 5 heteroatoms. The largest absolute Gasteiger partial charge is 0.396 e. The van der Waals surface area contributed by atoms with Crippen LogP contribution in [0.15, 0.2) is 30.3 Å². The van der Waals surface area contributed by atoms with Crippen LogP contribution in [0.25, 0.3) is 0 Å². The van der Waals surface area contributed by atoms with E-state index in [1.54, 1.807) is 12.1 Å². The molecule has 0 aliphatic carbocycles. The first-order chi connectivity index (χ1) is 8.06. The fourth-order valence-corrected chi connectivity index (χ4v) is 2.00. The molecule has 0 fully saturated rings. The summed E-state index contributed by atoms with van der Waals surface area (Å²) in [6.45, 7) is 1.89. The first-order valence-corrected chi connectivity index (χ1v) is 6.09. The molecule has 2 aromatic rings. The Morgan fingerprint density at radius 2 is 2.06 bits per heavy atom. The van der Waals surface area contributed by atoms with Gasteiger partial charge in [0.25, 0.3) is 0 Å². The lowest BCUT2D eigenvalue weighted by Crippen LogP contribution is -2.01. The van der Waals surface area contributed by atoms with Gasteiger partial charge in [-0.1, -0.05) is 0 Å². The molecule has 0 bridgehead atoms. The number of aryl methyl sites for hydroxylation is 1. The minimum atomic E-state index is -0.259. The van der Waals surface area contributed by atoms with E-state index in [2.05, 4.69) is 32.9 Å². The van der Waals surface area contributed by atoms with Gasteiger partial charge in [-0.05, 0) is 59.8 Å². The van der Waals surface area contributed by atoms with Crippen LogP contribution < -0.4 is 11.1 Å². The van der Waals surface area contributed by atoms with Crippen molar-refractivity contribution in [3.8, 4) is 0 Å². The minimum Gasteiger partial charge on any atom is -0.396 e. The fourth-order valence-electron chi connectivity index (χ4n) is 1.39. The standard InChI is InChI=1S/C12H11FIN3/c1-7-2-4-10(15)12(16-7)17-11-5-3-8(13)6-9(11)14/h2-6H,15H2,1H3,(H,16,17). The molecule has 0 spiro atoms. The number of aromatic nitrogens is 1. The van der Waals surface area contributed by atoms with Gasteiger partial charge in [-0.3, -0.25) is 0 Å². The van der Waals surface area contributed by atoms with Gasteiger partial charge in [0, 0.05) is 9.26 Å². The second-order valence-electron chi connectivity index (χ2n) is 3.64. The number of anilines is 3. The van der Waals surface area contributed by atoms with Crippen molar-refractivity contribution in [2.45, 2.75) is 6.92 Å². The number of pyridine rings is 1. The molecule has 0 saturated carbocycles. The van der Waals surface area contributed by atoms with E-state index < -0.39 is 0 Å². The van der Waals surface area contributed by atoms with Gasteiger partial charge in [0.15, 0.2) is 5.82 Å². The van der Waals surface area contributed by atoms with Gasteiger partial charge in [0.2, 0.25) is 0 Å². The van der Waals surface area contributed by atoms with E-state index in [0.29, 0.717) is 11.5 Å². The lowest BCUT2D eigenvalue weighted by Gasteiger charge is -2.10. The summed E-state index contributed by atoms with van der Waals surface area (Å²) in [5.74, 6) is 0.333. The molecule has 1 aromatic carbocycles. The first kappa shape index (κ1) is 12.1. The SMILES string of the molecule is Cc1ccc(N)c(Nc2ccc(F)cc2I)n1. The number of hydrogen-bond acceptors (Lipinski definition) is 3. The lowest BCUT2D eigenvalue weighted by molar-refractivity contribution is 0.627. The van der Waals surface area contributed by atoms with Crippen LogP contribution in [0.5, 0.6) is 0 Å². The first-order valence-electron chi connectivity index (χ1n) is 5.01. The molecular weight excluding hydrogens is 332 g/mol. The average molecular weight is 343 g/mol. The Morgan fingerprint density at radius 3 is 2.76 bits per heavy atom. The molecular formula is C12H11FIN3. The van der Waals surface area contributed by atoms with E-state index in [0.717, 1.165) is 15.0 Å². The Bertz CT molecular complexity index is 557. The van der Waals surface area contributed by atoms with Crippen LogP contribution in [-0.4, -0.2) is 4.98 Å². The molecule has 3 nitrogen and oxygen atoms in total. The predicted molar refractivity (Wildman–Crippen MR) is 75.8 cm³/mol. The Balaban J connectivity index is 2.34. The highest BCUT2D eigenvalue weighted by molar-refractivity contribution is 14.1.